The lowest BCUT2D eigenvalue weighted by Crippen LogP contribution is -2.42. The maximum Gasteiger partial charge on any atom is 0.331 e. The van der Waals surface area contributed by atoms with Gasteiger partial charge in [0.05, 0.1) is 18.0 Å². The summed E-state index contributed by atoms with van der Waals surface area (Å²) in [6.45, 7) is 3.73. The molecule has 7 nitrogen and oxygen atoms in total. The van der Waals surface area contributed by atoms with E-state index in [1.807, 2.05) is 13.8 Å². The number of para-hydroxylation sites is 1. The highest BCUT2D eigenvalue weighted by Gasteiger charge is 2.16. The molecule has 1 N–H and O–H groups in total. The van der Waals surface area contributed by atoms with Gasteiger partial charge in [-0.2, -0.15) is 0 Å². The molecule has 152 valence electrons. The fourth-order valence-electron chi connectivity index (χ4n) is 3.14. The van der Waals surface area contributed by atoms with Gasteiger partial charge in [0, 0.05) is 18.3 Å². The summed E-state index contributed by atoms with van der Waals surface area (Å²) in [4.78, 5) is 38.2. The van der Waals surface area contributed by atoms with Crippen LogP contribution >= 0.6 is 0 Å². The van der Waals surface area contributed by atoms with Gasteiger partial charge in [-0.1, -0.05) is 26.0 Å². The molecule has 3 aromatic rings. The summed E-state index contributed by atoms with van der Waals surface area (Å²) in [7, 11) is 1.35. The van der Waals surface area contributed by atoms with E-state index in [0.717, 1.165) is 10.6 Å². The minimum absolute atomic E-state index is 0.0611. The summed E-state index contributed by atoms with van der Waals surface area (Å²) >= 11 is 0. The van der Waals surface area contributed by atoms with Crippen molar-refractivity contribution in [2.75, 3.05) is 12.4 Å². The number of amides is 1. The molecule has 29 heavy (non-hydrogen) atoms. The Balaban J connectivity index is 1.99. The highest BCUT2D eigenvalue weighted by Crippen LogP contribution is 2.20. The molecule has 2 aromatic carbocycles. The minimum Gasteiger partial charge on any atom is -0.494 e. The van der Waals surface area contributed by atoms with Gasteiger partial charge in [0.1, 0.15) is 6.54 Å². The summed E-state index contributed by atoms with van der Waals surface area (Å²) < 4.78 is 21.1. The third-order valence-corrected chi connectivity index (χ3v) is 4.42. The smallest absolute Gasteiger partial charge is 0.331 e. The molecule has 0 bridgehead atoms. The van der Waals surface area contributed by atoms with E-state index in [4.69, 9.17) is 4.74 Å². The van der Waals surface area contributed by atoms with Crippen LogP contribution in [-0.4, -0.2) is 22.2 Å². The molecule has 1 amide bonds. The highest BCUT2D eigenvalue weighted by atomic mass is 19.1. The predicted molar refractivity (Wildman–Crippen MR) is 109 cm³/mol. The van der Waals surface area contributed by atoms with Gasteiger partial charge >= 0.3 is 5.69 Å². The highest BCUT2D eigenvalue weighted by molar-refractivity contribution is 5.91. The van der Waals surface area contributed by atoms with E-state index in [1.165, 1.54) is 23.8 Å². The summed E-state index contributed by atoms with van der Waals surface area (Å²) in [5, 5.41) is 2.93. The van der Waals surface area contributed by atoms with Crippen molar-refractivity contribution >= 4 is 22.5 Å². The Morgan fingerprint density at radius 3 is 2.52 bits per heavy atom. The van der Waals surface area contributed by atoms with Crippen molar-refractivity contribution in [1.82, 2.24) is 9.13 Å². The Kier molecular flexibility index (Phi) is 5.81. The fraction of sp³-hybridized carbons (Fsp3) is 0.286. The van der Waals surface area contributed by atoms with E-state index in [1.54, 1.807) is 24.3 Å². The molecule has 0 aliphatic heterocycles. The first-order valence-corrected chi connectivity index (χ1v) is 9.17. The molecule has 1 aromatic heterocycles. The lowest BCUT2D eigenvalue weighted by Gasteiger charge is -2.15. The number of nitrogens with one attached hydrogen (secondary N) is 1. The quantitative estimate of drug-likeness (QED) is 0.691. The summed E-state index contributed by atoms with van der Waals surface area (Å²) in [6.07, 6.45) is 0. The van der Waals surface area contributed by atoms with Gasteiger partial charge in [-0.05, 0) is 30.2 Å². The lowest BCUT2D eigenvalue weighted by molar-refractivity contribution is -0.116. The summed E-state index contributed by atoms with van der Waals surface area (Å²) in [5.74, 6) is -0.993. The molecule has 0 saturated heterocycles. The minimum atomic E-state index is -0.613. The zero-order valence-corrected chi connectivity index (χ0v) is 16.4. The lowest BCUT2D eigenvalue weighted by atomic mass is 10.2. The number of anilines is 1. The maximum atomic E-state index is 13.8. The molecule has 0 spiro atoms. The number of carbonyl (C=O) groups excluding carboxylic acids is 1. The number of nitrogens with zero attached hydrogens (tertiary/aromatic N) is 2. The van der Waals surface area contributed by atoms with Gasteiger partial charge in [0.2, 0.25) is 5.91 Å². The molecule has 0 unspecified atom stereocenters. The van der Waals surface area contributed by atoms with Crippen LogP contribution in [0.1, 0.15) is 13.8 Å². The van der Waals surface area contributed by atoms with Crippen LogP contribution < -0.4 is 21.3 Å². The second-order valence-electron chi connectivity index (χ2n) is 7.09. The SMILES string of the molecule is COc1ccc(NC(=O)Cn2c(=O)n(CC(C)C)c(=O)c3ccccc32)cc1F. The van der Waals surface area contributed by atoms with E-state index in [2.05, 4.69) is 5.32 Å². The maximum absolute atomic E-state index is 13.8. The van der Waals surface area contributed by atoms with Crippen molar-refractivity contribution in [2.45, 2.75) is 26.9 Å². The van der Waals surface area contributed by atoms with Crippen LogP contribution in [-0.2, 0) is 17.9 Å². The molecule has 3 rings (SSSR count). The molecular weight excluding hydrogens is 377 g/mol. The number of carbonyl (C=O) groups is 1. The van der Waals surface area contributed by atoms with Gasteiger partial charge in [-0.3, -0.25) is 18.7 Å². The van der Waals surface area contributed by atoms with Crippen LogP contribution in [0, 0.1) is 11.7 Å². The molecule has 0 fully saturated rings. The fourth-order valence-corrected chi connectivity index (χ4v) is 3.14. The van der Waals surface area contributed by atoms with E-state index in [0.29, 0.717) is 10.9 Å². The number of fused-ring (bicyclic) bond motifs is 1. The number of hydrogen-bond acceptors (Lipinski definition) is 4. The Labute approximate surface area is 166 Å². The van der Waals surface area contributed by atoms with Crippen LogP contribution in [0.4, 0.5) is 10.1 Å². The van der Waals surface area contributed by atoms with Crippen LogP contribution in [0.5, 0.6) is 5.75 Å². The average molecular weight is 399 g/mol. The van der Waals surface area contributed by atoms with Gasteiger partial charge < -0.3 is 10.1 Å². The van der Waals surface area contributed by atoms with Gasteiger partial charge in [0.15, 0.2) is 11.6 Å². The standard InChI is InChI=1S/C21H22FN3O4/c1-13(2)11-25-20(27)15-6-4-5-7-17(15)24(21(25)28)12-19(26)23-14-8-9-18(29-3)16(22)10-14/h4-10,13H,11-12H2,1-3H3,(H,23,26). The second-order valence-corrected chi connectivity index (χ2v) is 7.09. The predicted octanol–water partition coefficient (Wildman–Crippen LogP) is 2.61. The molecule has 0 radical (unpaired) electrons. The average Bonchev–Trinajstić information content (AvgIpc) is 2.68. The zero-order chi connectivity index (χ0) is 21.1. The van der Waals surface area contributed by atoms with Crippen molar-refractivity contribution in [3.63, 3.8) is 0 Å². The number of halogens is 1. The van der Waals surface area contributed by atoms with Gasteiger partial charge in [-0.25, -0.2) is 9.18 Å². The first-order chi connectivity index (χ1) is 13.8. The first kappa shape index (κ1) is 20.3. The molecular formula is C21H22FN3O4. The Hall–Kier alpha value is -3.42. The normalized spacial score (nSPS) is 11.1. The zero-order valence-electron chi connectivity index (χ0n) is 16.4. The van der Waals surface area contributed by atoms with Crippen LogP contribution in [0.25, 0.3) is 10.9 Å². The van der Waals surface area contributed by atoms with E-state index in [9.17, 15) is 18.8 Å². The van der Waals surface area contributed by atoms with Crippen molar-refractivity contribution in [2.24, 2.45) is 5.92 Å². The van der Waals surface area contributed by atoms with E-state index in [-0.39, 0.29) is 36.0 Å². The molecule has 0 atom stereocenters. The number of rotatable bonds is 6. The van der Waals surface area contributed by atoms with E-state index < -0.39 is 17.4 Å². The summed E-state index contributed by atoms with van der Waals surface area (Å²) in [5.41, 5.74) is -0.327. The third kappa shape index (κ3) is 4.21. The number of ether oxygens (including phenoxy) is 1. The Bertz CT molecular complexity index is 1180. The van der Waals surface area contributed by atoms with Crippen LogP contribution in [0.2, 0.25) is 0 Å². The third-order valence-electron chi connectivity index (χ3n) is 4.42. The molecule has 0 aliphatic carbocycles. The number of benzene rings is 2. The van der Waals surface area contributed by atoms with Crippen LogP contribution in [0.3, 0.4) is 0 Å². The topological polar surface area (TPSA) is 82.3 Å². The second kappa shape index (κ2) is 8.30. The van der Waals surface area contributed by atoms with Crippen molar-refractivity contribution in [1.29, 1.82) is 0 Å². The Morgan fingerprint density at radius 2 is 1.86 bits per heavy atom. The van der Waals surface area contributed by atoms with Crippen molar-refractivity contribution < 1.29 is 13.9 Å². The van der Waals surface area contributed by atoms with E-state index >= 15 is 0 Å². The van der Waals surface area contributed by atoms with Crippen molar-refractivity contribution in [3.8, 4) is 5.75 Å². The monoisotopic (exact) mass is 399 g/mol. The van der Waals surface area contributed by atoms with Gasteiger partial charge in [0.25, 0.3) is 5.56 Å². The molecule has 0 aliphatic rings. The summed E-state index contributed by atoms with van der Waals surface area (Å²) in [6, 6.07) is 10.7. The first-order valence-electron chi connectivity index (χ1n) is 9.17. The largest absolute Gasteiger partial charge is 0.494 e. The van der Waals surface area contributed by atoms with Gasteiger partial charge in [-0.15, -0.1) is 0 Å². The molecule has 8 heteroatoms. The number of hydrogen-bond donors (Lipinski definition) is 1. The van der Waals surface area contributed by atoms with Crippen molar-refractivity contribution in [3.05, 3.63) is 69.1 Å². The Morgan fingerprint density at radius 1 is 1.14 bits per heavy atom. The molecule has 0 saturated carbocycles. The van der Waals surface area contributed by atoms with Crippen LogP contribution in [0.15, 0.2) is 52.1 Å². The molecule has 1 heterocycles. The number of methoxy groups -OCH3 is 1. The number of aromatic nitrogens is 2.